The average molecular weight is 260 g/mol. The Morgan fingerprint density at radius 3 is 2.80 bits per heavy atom. The average Bonchev–Trinajstić information content (AvgIpc) is 2.53. The van der Waals surface area contributed by atoms with Gasteiger partial charge in [-0.1, -0.05) is 18.2 Å². The highest BCUT2D eigenvalue weighted by Crippen LogP contribution is 2.26. The van der Waals surface area contributed by atoms with Crippen LogP contribution in [0.25, 0.3) is 22.0 Å². The van der Waals surface area contributed by atoms with Crippen LogP contribution < -0.4 is 5.73 Å². The van der Waals surface area contributed by atoms with Crippen LogP contribution in [0.1, 0.15) is 11.3 Å². The van der Waals surface area contributed by atoms with Gasteiger partial charge in [-0.3, -0.25) is 4.98 Å². The van der Waals surface area contributed by atoms with Crippen molar-refractivity contribution in [3.05, 3.63) is 60.0 Å². The topological polar surface area (TPSA) is 75.6 Å². The van der Waals surface area contributed by atoms with Crippen LogP contribution in [0.2, 0.25) is 0 Å². The fraction of sp³-hybridized carbons (Fsp3) is 0.0625. The van der Waals surface area contributed by atoms with Crippen molar-refractivity contribution < 1.29 is 0 Å². The summed E-state index contributed by atoms with van der Waals surface area (Å²) in [5.74, 6) is 0. The van der Waals surface area contributed by atoms with Crippen LogP contribution in [-0.2, 0) is 6.54 Å². The van der Waals surface area contributed by atoms with Crippen LogP contribution in [-0.4, -0.2) is 9.97 Å². The van der Waals surface area contributed by atoms with Crippen molar-refractivity contribution in [3.8, 4) is 17.2 Å². The molecule has 0 bridgehead atoms. The molecule has 0 aliphatic carbocycles. The molecule has 3 rings (SSSR count). The second-order valence-corrected chi connectivity index (χ2v) is 4.48. The molecule has 96 valence electrons. The predicted molar refractivity (Wildman–Crippen MR) is 77.6 cm³/mol. The zero-order valence-corrected chi connectivity index (χ0v) is 10.7. The number of fused-ring (bicyclic) bond motifs is 1. The molecule has 0 atom stereocenters. The molecule has 0 aliphatic rings. The molecular weight excluding hydrogens is 248 g/mol. The van der Waals surface area contributed by atoms with Crippen LogP contribution in [0.4, 0.5) is 0 Å². The lowest BCUT2D eigenvalue weighted by Crippen LogP contribution is -1.98. The Hall–Kier alpha value is -2.77. The second kappa shape index (κ2) is 5.08. The molecule has 0 saturated heterocycles. The fourth-order valence-electron chi connectivity index (χ4n) is 2.17. The van der Waals surface area contributed by atoms with Crippen molar-refractivity contribution in [1.82, 2.24) is 9.97 Å². The molecule has 0 aliphatic heterocycles. The summed E-state index contributed by atoms with van der Waals surface area (Å²) < 4.78 is 0. The van der Waals surface area contributed by atoms with Crippen molar-refractivity contribution in [3.63, 3.8) is 0 Å². The van der Waals surface area contributed by atoms with Crippen LogP contribution in [0.5, 0.6) is 0 Å². The van der Waals surface area contributed by atoms with E-state index in [1.807, 2.05) is 36.4 Å². The number of aromatic nitrogens is 2. The van der Waals surface area contributed by atoms with E-state index in [1.165, 1.54) is 0 Å². The molecule has 2 aromatic heterocycles. The first-order valence-electron chi connectivity index (χ1n) is 6.26. The zero-order valence-electron chi connectivity index (χ0n) is 10.7. The minimum Gasteiger partial charge on any atom is -0.326 e. The molecule has 0 fully saturated rings. The van der Waals surface area contributed by atoms with Crippen LogP contribution in [0, 0.1) is 11.3 Å². The molecule has 1 aromatic carbocycles. The number of nitrogens with zero attached hydrogens (tertiary/aromatic N) is 3. The van der Waals surface area contributed by atoms with Gasteiger partial charge >= 0.3 is 0 Å². The van der Waals surface area contributed by atoms with Gasteiger partial charge in [0.05, 0.1) is 5.52 Å². The molecule has 2 N–H and O–H groups in total. The summed E-state index contributed by atoms with van der Waals surface area (Å²) in [5.41, 5.74) is 9.44. The SMILES string of the molecule is N#Cc1nc2ccccc2cc1-c1cncc(CN)c1. The fourth-order valence-corrected chi connectivity index (χ4v) is 2.17. The minimum atomic E-state index is 0.402. The molecule has 4 heteroatoms. The standard InChI is InChI=1S/C16H12N4/c17-7-11-5-13(10-19-9-11)14-6-12-3-1-2-4-15(12)20-16(14)8-18/h1-6,9-10H,7,17H2. The van der Waals surface area contributed by atoms with E-state index in [1.54, 1.807) is 12.4 Å². The van der Waals surface area contributed by atoms with E-state index in [0.29, 0.717) is 12.2 Å². The van der Waals surface area contributed by atoms with Crippen LogP contribution in [0.15, 0.2) is 48.8 Å². The number of pyridine rings is 2. The maximum absolute atomic E-state index is 9.31. The molecule has 4 nitrogen and oxygen atoms in total. The van der Waals surface area contributed by atoms with E-state index in [-0.39, 0.29) is 0 Å². The van der Waals surface area contributed by atoms with E-state index in [2.05, 4.69) is 16.0 Å². The monoisotopic (exact) mass is 260 g/mol. The van der Waals surface area contributed by atoms with Gasteiger partial charge in [-0.15, -0.1) is 0 Å². The van der Waals surface area contributed by atoms with E-state index >= 15 is 0 Å². The molecule has 0 amide bonds. The Bertz CT molecular complexity index is 818. The third-order valence-electron chi connectivity index (χ3n) is 3.17. The molecule has 0 radical (unpaired) electrons. The summed E-state index contributed by atoms with van der Waals surface area (Å²) in [6, 6.07) is 13.8. The maximum Gasteiger partial charge on any atom is 0.149 e. The van der Waals surface area contributed by atoms with Gasteiger partial charge in [0.2, 0.25) is 0 Å². The third-order valence-corrected chi connectivity index (χ3v) is 3.17. The molecule has 0 saturated carbocycles. The predicted octanol–water partition coefficient (Wildman–Crippen LogP) is 2.63. The molecule has 2 heterocycles. The summed E-state index contributed by atoms with van der Waals surface area (Å²) in [7, 11) is 0. The van der Waals surface area contributed by atoms with Gasteiger partial charge < -0.3 is 5.73 Å². The molecule has 3 aromatic rings. The number of nitriles is 1. The van der Waals surface area contributed by atoms with E-state index in [0.717, 1.165) is 27.6 Å². The first kappa shape index (κ1) is 12.3. The Kier molecular flexibility index (Phi) is 3.12. The quantitative estimate of drug-likeness (QED) is 0.768. The van der Waals surface area contributed by atoms with Gasteiger partial charge in [-0.25, -0.2) is 4.98 Å². The normalized spacial score (nSPS) is 10.4. The minimum absolute atomic E-state index is 0.402. The largest absolute Gasteiger partial charge is 0.326 e. The third kappa shape index (κ3) is 2.11. The van der Waals surface area contributed by atoms with Gasteiger partial charge in [-0.2, -0.15) is 5.26 Å². The highest BCUT2D eigenvalue weighted by molar-refractivity contribution is 5.85. The summed E-state index contributed by atoms with van der Waals surface area (Å²) >= 11 is 0. The van der Waals surface area contributed by atoms with E-state index in [9.17, 15) is 5.26 Å². The van der Waals surface area contributed by atoms with Crippen molar-refractivity contribution in [2.75, 3.05) is 0 Å². The van der Waals surface area contributed by atoms with Gasteiger partial charge in [-0.05, 0) is 23.8 Å². The lowest BCUT2D eigenvalue weighted by Gasteiger charge is -2.07. The smallest absolute Gasteiger partial charge is 0.149 e. The first-order chi connectivity index (χ1) is 9.81. The zero-order chi connectivity index (χ0) is 13.9. The highest BCUT2D eigenvalue weighted by atomic mass is 14.7. The van der Waals surface area contributed by atoms with Gasteiger partial charge in [0.15, 0.2) is 0 Å². The van der Waals surface area contributed by atoms with Gasteiger partial charge in [0.25, 0.3) is 0 Å². The number of para-hydroxylation sites is 1. The Balaban J connectivity index is 2.26. The number of nitrogens with two attached hydrogens (primary N) is 1. The summed E-state index contributed by atoms with van der Waals surface area (Å²) in [5, 5.41) is 10.3. The molecular formula is C16H12N4. The Morgan fingerprint density at radius 2 is 2.00 bits per heavy atom. The molecule has 0 spiro atoms. The van der Waals surface area contributed by atoms with Crippen molar-refractivity contribution >= 4 is 10.9 Å². The Labute approximate surface area is 116 Å². The number of hydrogen-bond donors (Lipinski definition) is 1. The molecule has 20 heavy (non-hydrogen) atoms. The summed E-state index contributed by atoms with van der Waals surface area (Å²) in [6.45, 7) is 0.420. The first-order valence-corrected chi connectivity index (χ1v) is 6.26. The van der Waals surface area contributed by atoms with E-state index < -0.39 is 0 Å². The lowest BCUT2D eigenvalue weighted by molar-refractivity contribution is 1.05. The second-order valence-electron chi connectivity index (χ2n) is 4.48. The van der Waals surface area contributed by atoms with Crippen molar-refractivity contribution in [1.29, 1.82) is 5.26 Å². The summed E-state index contributed by atoms with van der Waals surface area (Å²) in [6.07, 6.45) is 3.45. The van der Waals surface area contributed by atoms with Crippen LogP contribution in [0.3, 0.4) is 0 Å². The lowest BCUT2D eigenvalue weighted by atomic mass is 10.0. The van der Waals surface area contributed by atoms with Crippen molar-refractivity contribution in [2.24, 2.45) is 5.73 Å². The summed E-state index contributed by atoms with van der Waals surface area (Å²) in [4.78, 5) is 8.58. The van der Waals surface area contributed by atoms with Gasteiger partial charge in [0.1, 0.15) is 11.8 Å². The van der Waals surface area contributed by atoms with Gasteiger partial charge in [0, 0.05) is 35.5 Å². The number of benzene rings is 1. The van der Waals surface area contributed by atoms with Crippen LogP contribution >= 0.6 is 0 Å². The maximum atomic E-state index is 9.31. The molecule has 0 unspecified atom stereocenters. The van der Waals surface area contributed by atoms with Crippen molar-refractivity contribution in [2.45, 2.75) is 6.54 Å². The Morgan fingerprint density at radius 1 is 1.15 bits per heavy atom. The number of rotatable bonds is 2. The van der Waals surface area contributed by atoms with E-state index in [4.69, 9.17) is 5.73 Å². The number of hydrogen-bond acceptors (Lipinski definition) is 4. The highest BCUT2D eigenvalue weighted by Gasteiger charge is 2.09.